The molecule has 2 amide bonds. The van der Waals surface area contributed by atoms with Crippen LogP contribution in [-0.4, -0.2) is 102 Å². The summed E-state index contributed by atoms with van der Waals surface area (Å²) in [5, 5.41) is 21.5. The van der Waals surface area contributed by atoms with Crippen molar-refractivity contribution in [3.8, 4) is 0 Å². The average molecular weight is 526 g/mol. The lowest BCUT2D eigenvalue weighted by atomic mass is 10.0. The van der Waals surface area contributed by atoms with E-state index in [0.29, 0.717) is 44.9 Å². The van der Waals surface area contributed by atoms with Crippen LogP contribution in [0.2, 0.25) is 0 Å². The molecule has 0 spiro atoms. The molecule has 210 valence electrons. The molecule has 1 aliphatic rings. The zero-order valence-electron chi connectivity index (χ0n) is 22.6. The Morgan fingerprint density at radius 2 is 1.84 bits per heavy atom. The van der Waals surface area contributed by atoms with Gasteiger partial charge in [-0.05, 0) is 51.2 Å². The third-order valence-electron chi connectivity index (χ3n) is 6.33. The maximum atomic E-state index is 14.6. The van der Waals surface area contributed by atoms with Crippen molar-refractivity contribution in [3.63, 3.8) is 0 Å². The van der Waals surface area contributed by atoms with E-state index < -0.39 is 35.6 Å². The summed E-state index contributed by atoms with van der Waals surface area (Å²) in [6.07, 6.45) is -1.55. The van der Waals surface area contributed by atoms with Crippen molar-refractivity contribution in [1.29, 1.82) is 0 Å². The summed E-state index contributed by atoms with van der Waals surface area (Å²) in [6.45, 7) is 8.41. The molecular formula is C27H44FN3O6. The maximum absolute atomic E-state index is 14.6. The van der Waals surface area contributed by atoms with Gasteiger partial charge in [-0.1, -0.05) is 26.0 Å². The zero-order valence-corrected chi connectivity index (χ0v) is 22.6. The number of benzene rings is 1. The number of hydrogen-bond acceptors (Lipinski definition) is 7. The molecule has 4 N–H and O–H groups in total. The Balaban J connectivity index is 2.39. The second kappa shape index (κ2) is 14.7. The molecule has 10 heteroatoms. The van der Waals surface area contributed by atoms with Crippen molar-refractivity contribution >= 4 is 11.8 Å². The van der Waals surface area contributed by atoms with Crippen molar-refractivity contribution in [3.05, 3.63) is 35.6 Å². The second-order valence-electron chi connectivity index (χ2n) is 10.7. The van der Waals surface area contributed by atoms with Gasteiger partial charge in [0.2, 0.25) is 5.91 Å². The number of nitrogens with zero attached hydrogens (tertiary/aromatic N) is 2. The van der Waals surface area contributed by atoms with Crippen LogP contribution >= 0.6 is 0 Å². The van der Waals surface area contributed by atoms with E-state index in [-0.39, 0.29) is 37.7 Å². The van der Waals surface area contributed by atoms with Crippen LogP contribution in [0.25, 0.3) is 0 Å². The minimum absolute atomic E-state index is 0.0678. The Morgan fingerprint density at radius 3 is 2.49 bits per heavy atom. The van der Waals surface area contributed by atoms with E-state index in [1.54, 1.807) is 24.8 Å². The van der Waals surface area contributed by atoms with Crippen LogP contribution in [0.3, 0.4) is 0 Å². The number of carbonyl (C=O) groups excluding carboxylic acids is 2. The fourth-order valence-corrected chi connectivity index (χ4v) is 4.03. The first-order valence-corrected chi connectivity index (χ1v) is 13.1. The molecule has 0 saturated carbocycles. The fraction of sp³-hybridized carbons (Fsp3) is 0.704. The highest BCUT2D eigenvalue weighted by Crippen LogP contribution is 2.16. The number of aliphatic hydroxyl groups is 2. The normalized spacial score (nSPS) is 23.1. The maximum Gasteiger partial charge on any atom is 0.256 e. The Hall–Kier alpha value is -2.11. The number of nitrogens with two attached hydrogens (primary N) is 1. The van der Waals surface area contributed by atoms with Gasteiger partial charge in [-0.3, -0.25) is 9.59 Å². The predicted octanol–water partition coefficient (Wildman–Crippen LogP) is 1.80. The van der Waals surface area contributed by atoms with Crippen LogP contribution in [0.1, 0.15) is 57.3 Å². The van der Waals surface area contributed by atoms with Gasteiger partial charge in [0.15, 0.2) is 0 Å². The summed E-state index contributed by atoms with van der Waals surface area (Å²) in [5.41, 5.74) is 4.85. The van der Waals surface area contributed by atoms with E-state index in [1.165, 1.54) is 23.1 Å². The van der Waals surface area contributed by atoms with Crippen LogP contribution in [0.5, 0.6) is 0 Å². The van der Waals surface area contributed by atoms with Gasteiger partial charge in [0.1, 0.15) is 24.1 Å². The van der Waals surface area contributed by atoms with E-state index in [2.05, 4.69) is 0 Å². The number of carbonyl (C=O) groups is 2. The number of halogens is 1. The molecule has 1 aromatic carbocycles. The Bertz CT molecular complexity index is 863. The summed E-state index contributed by atoms with van der Waals surface area (Å²) in [4.78, 5) is 29.5. The lowest BCUT2D eigenvalue weighted by Gasteiger charge is -2.35. The van der Waals surface area contributed by atoms with Gasteiger partial charge in [-0.15, -0.1) is 0 Å². The molecule has 0 aliphatic carbocycles. The first-order chi connectivity index (χ1) is 17.4. The quantitative estimate of drug-likeness (QED) is 0.517. The van der Waals surface area contributed by atoms with Gasteiger partial charge in [0.05, 0.1) is 17.7 Å². The van der Waals surface area contributed by atoms with Crippen LogP contribution < -0.4 is 5.73 Å². The lowest BCUT2D eigenvalue weighted by molar-refractivity contribution is -0.136. The molecule has 2 rings (SSSR count). The number of aliphatic hydroxyl groups excluding tert-OH is 2. The third-order valence-corrected chi connectivity index (χ3v) is 6.33. The number of amides is 2. The molecule has 0 unspecified atom stereocenters. The SMILES string of the molecule is CC(C)CCO[C@@H]1CN(C(=O)c2ccccc2F)CCN(C(=O)C(C)(C)N)CCCCOC[C@@H](O)[C@H]1O. The Kier molecular flexibility index (Phi) is 12.4. The van der Waals surface area contributed by atoms with Crippen LogP contribution in [0.15, 0.2) is 24.3 Å². The van der Waals surface area contributed by atoms with E-state index >= 15 is 0 Å². The van der Waals surface area contributed by atoms with Crippen molar-refractivity contribution in [1.82, 2.24) is 9.80 Å². The summed E-state index contributed by atoms with van der Waals surface area (Å²) < 4.78 is 26.1. The highest BCUT2D eigenvalue weighted by atomic mass is 19.1. The molecule has 9 nitrogen and oxygen atoms in total. The first-order valence-electron chi connectivity index (χ1n) is 13.1. The largest absolute Gasteiger partial charge is 0.388 e. The Labute approximate surface area is 219 Å². The molecule has 37 heavy (non-hydrogen) atoms. The van der Waals surface area contributed by atoms with Gasteiger partial charge in [0, 0.05) is 39.4 Å². The van der Waals surface area contributed by atoms with Gasteiger partial charge in [0.25, 0.3) is 5.91 Å². The molecule has 1 aromatic rings. The molecule has 0 bridgehead atoms. The molecule has 1 aliphatic heterocycles. The topological polar surface area (TPSA) is 126 Å². The average Bonchev–Trinajstić information content (AvgIpc) is 2.83. The van der Waals surface area contributed by atoms with Gasteiger partial charge < -0.3 is 35.2 Å². The standard InChI is InChI=1S/C27H44FN3O6/c1-19(2)11-16-37-23-17-31(25(34)20-9-5-6-10-21(20)28)14-13-30(26(35)27(3,4)29)12-7-8-15-36-18-22(32)24(23)33/h5-6,9-10,19,22-24,32-33H,7-8,11-18,29H2,1-4H3/t22-,23-,24-/m1/s1. The molecule has 0 radical (unpaired) electrons. The second-order valence-corrected chi connectivity index (χ2v) is 10.7. The summed E-state index contributed by atoms with van der Waals surface area (Å²) in [6, 6.07) is 5.66. The van der Waals surface area contributed by atoms with Crippen LogP contribution in [-0.2, 0) is 14.3 Å². The molecule has 1 fully saturated rings. The van der Waals surface area contributed by atoms with Gasteiger partial charge in [-0.25, -0.2) is 4.39 Å². The molecule has 1 saturated heterocycles. The van der Waals surface area contributed by atoms with Gasteiger partial charge in [-0.2, -0.15) is 0 Å². The first kappa shape index (κ1) is 31.1. The predicted molar refractivity (Wildman–Crippen MR) is 138 cm³/mol. The van der Waals surface area contributed by atoms with Crippen molar-refractivity contribution in [2.75, 3.05) is 46.0 Å². The molecule has 3 atom stereocenters. The minimum atomic E-state index is -1.34. The zero-order chi connectivity index (χ0) is 27.6. The highest BCUT2D eigenvalue weighted by Gasteiger charge is 2.33. The lowest BCUT2D eigenvalue weighted by Crippen LogP contribution is -2.54. The third kappa shape index (κ3) is 9.94. The molecular weight excluding hydrogens is 481 g/mol. The molecule has 0 aromatic heterocycles. The van der Waals surface area contributed by atoms with Crippen molar-refractivity contribution in [2.24, 2.45) is 11.7 Å². The highest BCUT2D eigenvalue weighted by molar-refractivity contribution is 5.94. The van der Waals surface area contributed by atoms with Crippen LogP contribution in [0, 0.1) is 11.7 Å². The summed E-state index contributed by atoms with van der Waals surface area (Å²) in [7, 11) is 0. The van der Waals surface area contributed by atoms with E-state index in [1.807, 2.05) is 13.8 Å². The van der Waals surface area contributed by atoms with Crippen LogP contribution in [0.4, 0.5) is 4.39 Å². The number of rotatable bonds is 6. The molecule has 1 heterocycles. The van der Waals surface area contributed by atoms with E-state index in [9.17, 15) is 24.2 Å². The summed E-state index contributed by atoms with van der Waals surface area (Å²) in [5.74, 6) is -1.19. The number of ether oxygens (including phenoxy) is 2. The summed E-state index contributed by atoms with van der Waals surface area (Å²) >= 11 is 0. The fourth-order valence-electron chi connectivity index (χ4n) is 4.03. The number of hydrogen-bond donors (Lipinski definition) is 3. The van der Waals surface area contributed by atoms with Crippen molar-refractivity contribution < 1.29 is 33.7 Å². The smallest absolute Gasteiger partial charge is 0.256 e. The van der Waals surface area contributed by atoms with E-state index in [0.717, 1.165) is 0 Å². The minimum Gasteiger partial charge on any atom is -0.388 e. The van der Waals surface area contributed by atoms with Crippen molar-refractivity contribution in [2.45, 2.75) is 70.8 Å². The monoisotopic (exact) mass is 525 g/mol. The van der Waals surface area contributed by atoms with E-state index in [4.69, 9.17) is 15.2 Å². The Morgan fingerprint density at radius 1 is 1.16 bits per heavy atom. The van der Waals surface area contributed by atoms with Gasteiger partial charge >= 0.3 is 0 Å².